The van der Waals surface area contributed by atoms with Gasteiger partial charge in [0.05, 0.1) is 0 Å². The summed E-state index contributed by atoms with van der Waals surface area (Å²) in [5.74, 6) is 0.878. The van der Waals surface area contributed by atoms with E-state index in [0.717, 1.165) is 18.8 Å². The Morgan fingerprint density at radius 1 is 0.818 bits per heavy atom. The molecule has 2 nitrogen and oxygen atoms in total. The van der Waals surface area contributed by atoms with Crippen LogP contribution in [-0.2, 0) is 0 Å². The van der Waals surface area contributed by atoms with E-state index in [4.69, 9.17) is 0 Å². The van der Waals surface area contributed by atoms with E-state index in [2.05, 4.69) is 78.2 Å². The molecular formula is C20H26N2. The summed E-state index contributed by atoms with van der Waals surface area (Å²) in [7, 11) is 0. The Balaban J connectivity index is 1.79. The predicted molar refractivity (Wildman–Crippen MR) is 95.1 cm³/mol. The van der Waals surface area contributed by atoms with Gasteiger partial charge in [0, 0.05) is 11.4 Å². The molecule has 0 aromatic heterocycles. The van der Waals surface area contributed by atoms with Crippen LogP contribution in [0.4, 0.5) is 11.4 Å². The highest BCUT2D eigenvalue weighted by Crippen LogP contribution is 2.36. The highest BCUT2D eigenvalue weighted by Gasteiger charge is 2.34. The van der Waals surface area contributed by atoms with Crippen LogP contribution in [0.25, 0.3) is 0 Å². The van der Waals surface area contributed by atoms with E-state index in [0.29, 0.717) is 0 Å². The smallest absolute Gasteiger partial charge is 0.108 e. The molecule has 0 radical (unpaired) electrons. The van der Waals surface area contributed by atoms with Crippen molar-refractivity contribution in [2.24, 2.45) is 5.92 Å². The molecule has 2 aromatic carbocycles. The summed E-state index contributed by atoms with van der Waals surface area (Å²) >= 11 is 0. The fourth-order valence-corrected chi connectivity index (χ4v) is 3.46. The summed E-state index contributed by atoms with van der Waals surface area (Å²) in [4.78, 5) is 0. The first-order valence-electron chi connectivity index (χ1n) is 8.46. The van der Waals surface area contributed by atoms with Gasteiger partial charge in [-0.3, -0.25) is 0 Å². The average Bonchev–Trinajstić information content (AvgIpc) is 2.57. The van der Waals surface area contributed by atoms with Crippen LogP contribution in [0.2, 0.25) is 0 Å². The fourth-order valence-electron chi connectivity index (χ4n) is 3.46. The monoisotopic (exact) mass is 294 g/mol. The molecule has 0 amide bonds. The molecule has 0 unspecified atom stereocenters. The normalized spacial score (nSPS) is 17.9. The number of para-hydroxylation sites is 2. The molecule has 1 fully saturated rings. The summed E-state index contributed by atoms with van der Waals surface area (Å²) in [6, 6.07) is 21.1. The van der Waals surface area contributed by atoms with E-state index in [1.807, 2.05) is 0 Å². The molecule has 2 aromatic rings. The van der Waals surface area contributed by atoms with Gasteiger partial charge in [0.25, 0.3) is 0 Å². The highest BCUT2D eigenvalue weighted by molar-refractivity contribution is 5.52. The Bertz CT molecular complexity index is 513. The van der Waals surface area contributed by atoms with Crippen LogP contribution in [0.15, 0.2) is 60.7 Å². The third-order valence-electron chi connectivity index (χ3n) is 4.85. The van der Waals surface area contributed by atoms with E-state index in [9.17, 15) is 0 Å². The second-order valence-corrected chi connectivity index (χ2v) is 6.42. The lowest BCUT2D eigenvalue weighted by Crippen LogP contribution is -2.48. The maximum absolute atomic E-state index is 3.78. The van der Waals surface area contributed by atoms with Gasteiger partial charge in [-0.05, 0) is 55.9 Å². The van der Waals surface area contributed by atoms with Crippen LogP contribution >= 0.6 is 0 Å². The molecule has 3 rings (SSSR count). The largest absolute Gasteiger partial charge is 0.363 e. The van der Waals surface area contributed by atoms with Crippen molar-refractivity contribution in [3.05, 3.63) is 60.7 Å². The van der Waals surface area contributed by atoms with Crippen LogP contribution in [0, 0.1) is 5.92 Å². The molecule has 1 aliphatic carbocycles. The van der Waals surface area contributed by atoms with Gasteiger partial charge >= 0.3 is 0 Å². The van der Waals surface area contributed by atoms with Crippen molar-refractivity contribution >= 4 is 11.4 Å². The number of anilines is 2. The Morgan fingerprint density at radius 2 is 1.27 bits per heavy atom. The summed E-state index contributed by atoms with van der Waals surface area (Å²) in [6.07, 6.45) is 6.20. The summed E-state index contributed by atoms with van der Waals surface area (Å²) < 4.78 is 0. The molecule has 0 saturated heterocycles. The lowest BCUT2D eigenvalue weighted by molar-refractivity contribution is 0.271. The van der Waals surface area contributed by atoms with Crippen molar-refractivity contribution in [3.8, 4) is 0 Å². The van der Waals surface area contributed by atoms with E-state index >= 15 is 0 Å². The van der Waals surface area contributed by atoms with Crippen LogP contribution in [0.5, 0.6) is 0 Å². The second kappa shape index (κ2) is 6.87. The minimum Gasteiger partial charge on any atom is -0.363 e. The van der Waals surface area contributed by atoms with Crippen molar-refractivity contribution in [1.29, 1.82) is 0 Å². The van der Waals surface area contributed by atoms with Crippen molar-refractivity contribution < 1.29 is 0 Å². The molecule has 0 aliphatic heterocycles. The van der Waals surface area contributed by atoms with Gasteiger partial charge in [-0.15, -0.1) is 0 Å². The van der Waals surface area contributed by atoms with E-state index < -0.39 is 0 Å². The number of hydrogen-bond donors (Lipinski definition) is 2. The number of hydrogen-bond acceptors (Lipinski definition) is 2. The zero-order valence-electron chi connectivity index (χ0n) is 13.4. The Hall–Kier alpha value is -1.96. The van der Waals surface area contributed by atoms with E-state index in [1.54, 1.807) is 0 Å². The highest BCUT2D eigenvalue weighted by atomic mass is 15.2. The molecule has 0 bridgehead atoms. The third kappa shape index (κ3) is 3.62. The van der Waals surface area contributed by atoms with Gasteiger partial charge in [0.15, 0.2) is 0 Å². The second-order valence-electron chi connectivity index (χ2n) is 6.42. The van der Waals surface area contributed by atoms with Gasteiger partial charge in [-0.2, -0.15) is 0 Å². The first kappa shape index (κ1) is 15.0. The minimum absolute atomic E-state index is 0.0334. The van der Waals surface area contributed by atoms with Crippen LogP contribution in [-0.4, -0.2) is 5.66 Å². The van der Waals surface area contributed by atoms with Crippen molar-refractivity contribution in [3.63, 3.8) is 0 Å². The molecule has 116 valence electrons. The van der Waals surface area contributed by atoms with Crippen LogP contribution < -0.4 is 10.6 Å². The third-order valence-corrected chi connectivity index (χ3v) is 4.85. The fraction of sp³-hybridized carbons (Fsp3) is 0.400. The SMILES string of the molecule is CCC1CCC(Nc2ccccc2)(Nc2ccccc2)CC1. The van der Waals surface area contributed by atoms with Gasteiger partial charge in [0.2, 0.25) is 0 Å². The molecular weight excluding hydrogens is 268 g/mol. The molecule has 0 spiro atoms. The Kier molecular flexibility index (Phi) is 4.67. The molecule has 0 heterocycles. The molecule has 1 saturated carbocycles. The van der Waals surface area contributed by atoms with Crippen LogP contribution in [0.1, 0.15) is 39.0 Å². The summed E-state index contributed by atoms with van der Waals surface area (Å²) in [5.41, 5.74) is 2.36. The lowest BCUT2D eigenvalue weighted by atomic mass is 9.80. The van der Waals surface area contributed by atoms with Crippen molar-refractivity contribution in [2.45, 2.75) is 44.7 Å². The van der Waals surface area contributed by atoms with Gasteiger partial charge in [0.1, 0.15) is 5.66 Å². The molecule has 0 atom stereocenters. The van der Waals surface area contributed by atoms with Gasteiger partial charge in [-0.25, -0.2) is 0 Å². The Morgan fingerprint density at radius 3 is 1.68 bits per heavy atom. The molecule has 1 aliphatic rings. The zero-order chi connectivity index (χ0) is 15.3. The topological polar surface area (TPSA) is 24.1 Å². The number of rotatable bonds is 5. The first-order chi connectivity index (χ1) is 10.8. The van der Waals surface area contributed by atoms with Crippen molar-refractivity contribution in [1.82, 2.24) is 0 Å². The summed E-state index contributed by atoms with van der Waals surface area (Å²) in [5, 5.41) is 7.55. The van der Waals surface area contributed by atoms with E-state index in [-0.39, 0.29) is 5.66 Å². The minimum atomic E-state index is -0.0334. The molecule has 2 heteroatoms. The molecule has 22 heavy (non-hydrogen) atoms. The van der Waals surface area contributed by atoms with Crippen LogP contribution in [0.3, 0.4) is 0 Å². The summed E-state index contributed by atoms with van der Waals surface area (Å²) in [6.45, 7) is 2.31. The maximum atomic E-state index is 3.78. The van der Waals surface area contributed by atoms with E-state index in [1.165, 1.54) is 30.6 Å². The average molecular weight is 294 g/mol. The molecule has 2 N–H and O–H groups in total. The quantitative estimate of drug-likeness (QED) is 0.711. The zero-order valence-corrected chi connectivity index (χ0v) is 13.4. The standard InChI is InChI=1S/C20H26N2/c1-2-17-13-15-20(16-14-17,21-18-9-5-3-6-10-18)22-19-11-7-4-8-12-19/h3-12,17,21-22H,2,13-16H2,1H3. The first-order valence-corrected chi connectivity index (χ1v) is 8.46. The predicted octanol–water partition coefficient (Wildman–Crippen LogP) is 5.51. The number of benzene rings is 2. The van der Waals surface area contributed by atoms with Crippen molar-refractivity contribution in [2.75, 3.05) is 10.6 Å². The Labute approximate surface area is 134 Å². The van der Waals surface area contributed by atoms with Gasteiger partial charge in [-0.1, -0.05) is 49.7 Å². The maximum Gasteiger partial charge on any atom is 0.108 e. The van der Waals surface area contributed by atoms with Gasteiger partial charge < -0.3 is 10.6 Å². The number of nitrogens with one attached hydrogen (secondary N) is 2. The lowest BCUT2D eigenvalue weighted by Gasteiger charge is -2.43.